The first-order valence-electron chi connectivity index (χ1n) is 25.9. The molecule has 38 heteroatoms. The van der Waals surface area contributed by atoms with E-state index in [-0.39, 0.29) is 315 Å². The van der Waals surface area contributed by atoms with Crippen molar-refractivity contribution in [3.63, 3.8) is 0 Å². The second-order valence-electron chi connectivity index (χ2n) is 21.3. The monoisotopic (exact) mass is 1980 g/mol. The maximum absolute atomic E-state index is 12.1. The summed E-state index contributed by atoms with van der Waals surface area (Å²) in [5.74, 6) is 4.86. The number of anilines is 4. The normalized spacial score (nSPS) is 9.59. The molecule has 3 amide bonds. The van der Waals surface area contributed by atoms with Crippen LogP contribution in [0.5, 0.6) is 0 Å². The fraction of sp³-hybridized carbons (Fsp3) is 0.441. The number of alkyl halides is 1. The topological polar surface area (TPSA) is 400 Å². The molecule has 0 unspecified atom stereocenters. The third kappa shape index (κ3) is 62.4. The smallest absolute Gasteiger partial charge is 1.00 e. The van der Waals surface area contributed by atoms with E-state index >= 15 is 0 Å². The zero-order chi connectivity index (χ0) is 73.1. The summed E-state index contributed by atoms with van der Waals surface area (Å²) in [6.45, 7) is 25.6. The molecule has 0 aliphatic rings. The number of rotatable bonds is 11. The van der Waals surface area contributed by atoms with Gasteiger partial charge in [0.2, 0.25) is 0 Å². The van der Waals surface area contributed by atoms with E-state index < -0.39 is 76.5 Å². The Morgan fingerprint density at radius 2 is 0.825 bits per heavy atom. The average Bonchev–Trinajstić information content (AvgIpc) is 1.75. The van der Waals surface area contributed by atoms with Crippen LogP contribution in [0.4, 0.5) is 44.0 Å². The largest absolute Gasteiger partial charge is 1.00 e. The quantitative estimate of drug-likeness (QED) is 0.0230. The van der Waals surface area contributed by atoms with E-state index in [2.05, 4.69) is 67.7 Å². The molecule has 4 rings (SSSR count). The van der Waals surface area contributed by atoms with Gasteiger partial charge >= 0.3 is 330 Å². The summed E-state index contributed by atoms with van der Waals surface area (Å²) < 4.78 is 43.0. The molecule has 0 radical (unpaired) electrons. The van der Waals surface area contributed by atoms with Gasteiger partial charge in [-0.1, -0.05) is 33.7 Å². The number of hydrogen-bond donors (Lipinski definition) is 3. The number of nitrogens with zero attached hydrogens (tertiary/aromatic N) is 2. The average molecular weight is 1980 g/mol. The van der Waals surface area contributed by atoms with Crippen molar-refractivity contribution in [1.82, 2.24) is 0 Å². The summed E-state index contributed by atoms with van der Waals surface area (Å²) in [6.07, 6.45) is 11.4. The molecule has 97 heavy (non-hydrogen) atoms. The molecule has 0 saturated carbocycles. The van der Waals surface area contributed by atoms with E-state index in [9.17, 15) is 43.2 Å². The molecule has 0 saturated heterocycles. The number of nitrogen functional groups attached to an aromatic ring is 1. The molecule has 4 N–H and O–H groups in total. The van der Waals surface area contributed by atoms with Crippen molar-refractivity contribution in [3.8, 4) is 37.0 Å². The minimum absolute atomic E-state index is 0. The van der Waals surface area contributed by atoms with Crippen LogP contribution in [0.15, 0.2) is 48.5 Å². The van der Waals surface area contributed by atoms with Crippen molar-refractivity contribution in [1.29, 1.82) is 0 Å². The number of methoxy groups -OCH3 is 3. The van der Waals surface area contributed by atoms with E-state index in [1.165, 1.54) is 54.6 Å². The number of amides is 3. The van der Waals surface area contributed by atoms with Crippen molar-refractivity contribution >= 4 is 149 Å². The van der Waals surface area contributed by atoms with Crippen molar-refractivity contribution in [2.75, 3.05) is 60.6 Å². The van der Waals surface area contributed by atoms with Crippen molar-refractivity contribution in [2.45, 2.75) is 132 Å². The number of carboxylic acids is 1. The molecule has 0 spiro atoms. The van der Waals surface area contributed by atoms with Gasteiger partial charge in [0, 0.05) is 0 Å². The zero-order valence-corrected chi connectivity index (χ0v) is 88.3. The van der Waals surface area contributed by atoms with Gasteiger partial charge in [-0.25, -0.2) is 43.2 Å². The molecule has 29 nitrogen and oxygen atoms in total. The first-order chi connectivity index (χ1) is 42.8. The van der Waals surface area contributed by atoms with Crippen LogP contribution in [0.1, 0.15) is 145 Å². The number of halogens is 1. The summed E-state index contributed by atoms with van der Waals surface area (Å²) in [4.78, 5) is 128. The Morgan fingerprint density at radius 3 is 1.09 bits per heavy atom. The van der Waals surface area contributed by atoms with Gasteiger partial charge in [-0.2, -0.15) is 0 Å². The molecule has 0 aliphatic carbocycles. The van der Waals surface area contributed by atoms with E-state index in [0.29, 0.717) is 40.0 Å². The number of aromatic carboxylic acids is 1. The minimum atomic E-state index is -1.06. The van der Waals surface area contributed by atoms with Crippen LogP contribution in [0, 0.1) is 37.0 Å². The fourth-order valence-electron chi connectivity index (χ4n) is 4.74. The number of nitrogens with one attached hydrogen (secondary N) is 1. The molecule has 520 valence electrons. The molecule has 0 aliphatic heterocycles. The van der Waals surface area contributed by atoms with Crippen molar-refractivity contribution < 1.29 is 399 Å². The van der Waals surface area contributed by atoms with E-state index in [4.69, 9.17) is 73.9 Å². The molecule has 4 aromatic heterocycles. The van der Waals surface area contributed by atoms with Crippen LogP contribution in [-0.4, -0.2) is 140 Å². The van der Waals surface area contributed by atoms with Gasteiger partial charge in [-0.05, 0) is 152 Å². The maximum Gasteiger partial charge on any atom is 1.00 e. The molecular formula is C59H79BrCs4N4O25S4. The number of ether oxygens (including phenoxy) is 9. The van der Waals surface area contributed by atoms with E-state index in [0.717, 1.165) is 34.0 Å². The Hall–Kier alpha value is -0.742. The number of esters is 3. The Kier molecular flexibility index (Phi) is 70.0. The van der Waals surface area contributed by atoms with Gasteiger partial charge < -0.3 is 76.6 Å². The Bertz CT molecular complexity index is 3120. The summed E-state index contributed by atoms with van der Waals surface area (Å²) in [6, 6.07) is 12.7. The molecular weight excluding hydrogens is 1900 g/mol. The minimum Gasteiger partial charge on any atom is -1.00 e. The van der Waals surface area contributed by atoms with Gasteiger partial charge in [0.15, 0.2) is 0 Å². The van der Waals surface area contributed by atoms with Crippen molar-refractivity contribution in [2.24, 2.45) is 0 Å². The van der Waals surface area contributed by atoms with Crippen LogP contribution < -0.4 is 307 Å². The predicted molar refractivity (Wildman–Crippen MR) is 350 cm³/mol. The zero-order valence-electron chi connectivity index (χ0n) is 60.4. The fourth-order valence-corrected chi connectivity index (χ4v) is 8.00. The third-order valence-corrected chi connectivity index (χ3v) is 12.2. The standard InChI is InChI=1S/C14H17NO4S.C13H15NO4S.C11H15NO4S.C10H18O5.C6H7NO2S.C3H3Br.2CH2O3.4Cs.2H/c1-6-9-15(13(17)19-14(2,3)4)11-8-7-10(20-11)12(16)18-5;1-5-8-14(12(17)18-13(2,3)4)10-7-6-9(19-10)11(15)16;1-11(2,3)16-10(14)12-8-6-5-7(17-8)9(13)15-4;1-9(2,3)14-7(11)13-8(12)15-10(4,5)6;1-9-6(8)4-2-3-5(7)10-4;1-2-3-4;2*2-1-4-3;;;;;;/h1,7-8H,9H2,2-5H3;1,6-7H,8H2,2-4H3,(H,15,16);5-6H,1-4H3,(H,12,14);1-6H3;2-3H,7H2,1H3;1H,3H2;2*1,3H;;;;;;/q;;;;;;;;4*+1;2*-1/p-2. The summed E-state index contributed by atoms with van der Waals surface area (Å²) in [7, 11) is 3.95. The Balaban J connectivity index is -0.000000119. The van der Waals surface area contributed by atoms with Crippen LogP contribution in [0.3, 0.4) is 0 Å². The Morgan fingerprint density at radius 1 is 0.526 bits per heavy atom. The number of terminal acetylenes is 3. The van der Waals surface area contributed by atoms with Crippen LogP contribution in [-0.2, 0) is 62.0 Å². The van der Waals surface area contributed by atoms with Gasteiger partial charge in [-0.15, -0.1) is 64.6 Å². The van der Waals surface area contributed by atoms with Crippen LogP contribution >= 0.6 is 61.3 Å². The summed E-state index contributed by atoms with van der Waals surface area (Å²) >= 11 is 7.47. The van der Waals surface area contributed by atoms with Crippen LogP contribution in [0.2, 0.25) is 0 Å². The van der Waals surface area contributed by atoms with Crippen LogP contribution in [0.25, 0.3) is 0 Å². The van der Waals surface area contributed by atoms with E-state index in [1.807, 2.05) is 0 Å². The van der Waals surface area contributed by atoms with E-state index in [1.54, 1.807) is 140 Å². The number of nitrogens with two attached hydrogens (primary N) is 1. The molecule has 0 atom stereocenters. The Labute approximate surface area is 828 Å². The first kappa shape index (κ1) is 112. The number of carboxylic acid groups (broad SMARTS) is 1. The number of thiophene rings is 4. The number of carbonyl (C=O) groups is 11. The molecule has 0 fully saturated rings. The summed E-state index contributed by atoms with van der Waals surface area (Å²) in [5.41, 5.74) is 2.18. The maximum atomic E-state index is 12.1. The summed E-state index contributed by atoms with van der Waals surface area (Å²) in [5, 5.41) is 31.1. The van der Waals surface area contributed by atoms with Gasteiger partial charge in [0.1, 0.15) is 57.5 Å². The molecule has 4 heterocycles. The third-order valence-electron chi connectivity index (χ3n) is 7.77. The first-order valence-corrected chi connectivity index (χ1v) is 30.3. The molecule has 4 aromatic rings. The van der Waals surface area contributed by atoms with Crippen molar-refractivity contribution in [3.05, 3.63) is 68.0 Å². The number of hydrogen-bond acceptors (Lipinski definition) is 29. The second-order valence-corrected chi connectivity index (χ2v) is 26.2. The predicted octanol–water partition coefficient (Wildman–Crippen LogP) is -1.27. The van der Waals surface area contributed by atoms with Gasteiger partial charge in [0.05, 0.1) is 49.8 Å². The van der Waals surface area contributed by atoms with Gasteiger partial charge in [-0.3, -0.25) is 24.7 Å². The number of carbonyl (C=O) groups excluding carboxylic acids is 10. The SMILES string of the molecule is C#CCBr.C#CCN(C(=O)OC(C)(C)C)c1ccc(C(=O)O)s1.C#CCN(C(=O)OC(C)(C)C)c1ccc(C(=O)OC)s1.CC(C)(C)OC(=O)OC(=O)OC(C)(C)C.COC(=O)c1ccc(N)s1.COC(=O)c1ccc(NC(=O)OC(C)(C)C)s1.O=CO[O-].O=CO[O-].[Cs+].[Cs+].[Cs+].[Cs+].[H-].[H-]. The van der Waals surface area contributed by atoms with Gasteiger partial charge in [0.25, 0.3) is 12.9 Å². The molecule has 0 aromatic carbocycles. The second kappa shape index (κ2) is 60.5. The molecule has 0 bridgehead atoms.